The molecule has 1 rings (SSSR count). The number of thioether (sulfide) groups is 1. The van der Waals surface area contributed by atoms with Crippen LogP contribution in [0.2, 0.25) is 0 Å². The van der Waals surface area contributed by atoms with Gasteiger partial charge < -0.3 is 0 Å². The lowest BCUT2D eigenvalue weighted by molar-refractivity contribution is 0.118. The lowest BCUT2D eigenvalue weighted by Crippen LogP contribution is -2.09. The summed E-state index contributed by atoms with van der Waals surface area (Å²) in [7, 11) is 0. The van der Waals surface area contributed by atoms with Gasteiger partial charge in [-0.05, 0) is 17.8 Å². The van der Waals surface area contributed by atoms with Crippen molar-refractivity contribution in [3.8, 4) is 0 Å². The van der Waals surface area contributed by atoms with Crippen molar-refractivity contribution < 1.29 is 17.6 Å². The van der Waals surface area contributed by atoms with E-state index in [0.717, 1.165) is 10.7 Å². The van der Waals surface area contributed by atoms with Crippen LogP contribution in [-0.2, 0) is 6.54 Å². The van der Waals surface area contributed by atoms with Gasteiger partial charge in [0.2, 0.25) is 0 Å². The molecule has 1 aromatic rings. The first-order valence-electron chi connectivity index (χ1n) is 3.26. The molecule has 0 amide bonds. The first-order chi connectivity index (χ1) is 6.09. The Morgan fingerprint density at radius 3 is 2.69 bits per heavy atom. The first-order valence-corrected chi connectivity index (χ1v) is 4.14. The van der Waals surface area contributed by atoms with Gasteiger partial charge in [-0.3, -0.25) is 4.68 Å². The lowest BCUT2D eigenvalue weighted by atomic mass is 10.7. The third kappa shape index (κ3) is 3.25. The molecule has 0 aliphatic heterocycles. The second kappa shape index (κ2) is 4.50. The number of rotatable bonds is 4. The average Bonchev–Trinajstić information content (AvgIpc) is 2.34. The van der Waals surface area contributed by atoms with Crippen LogP contribution in [0.3, 0.4) is 0 Å². The van der Waals surface area contributed by atoms with E-state index in [1.54, 1.807) is 0 Å². The van der Waals surface area contributed by atoms with Gasteiger partial charge in [0.15, 0.2) is 0 Å². The summed E-state index contributed by atoms with van der Waals surface area (Å²) in [5, 5.41) is 3.36. The van der Waals surface area contributed by atoms with Crippen LogP contribution in [0, 0.1) is 6.20 Å². The molecule has 0 aliphatic carbocycles. The summed E-state index contributed by atoms with van der Waals surface area (Å²) in [5.41, 5.74) is 0. The third-order valence-electron chi connectivity index (χ3n) is 1.14. The highest BCUT2D eigenvalue weighted by Gasteiger charge is 2.13. The van der Waals surface area contributed by atoms with Gasteiger partial charge in [-0.1, -0.05) is 0 Å². The summed E-state index contributed by atoms with van der Waals surface area (Å²) in [6.07, 6.45) is -0.372. The van der Waals surface area contributed by atoms with E-state index < -0.39 is 18.7 Å². The van der Waals surface area contributed by atoms with E-state index in [9.17, 15) is 17.6 Å². The molecule has 0 saturated heterocycles. The van der Waals surface area contributed by atoms with Gasteiger partial charge in [-0.15, -0.1) is 0 Å². The van der Waals surface area contributed by atoms with Crippen LogP contribution in [0.15, 0.2) is 11.1 Å². The number of halogens is 4. The Kier molecular flexibility index (Phi) is 3.58. The maximum atomic E-state index is 11.8. The van der Waals surface area contributed by atoms with Crippen molar-refractivity contribution >= 4 is 11.8 Å². The first kappa shape index (κ1) is 10.4. The maximum Gasteiger partial charge on any atom is 0.290 e. The molecule has 0 saturated carbocycles. The topological polar surface area (TPSA) is 17.8 Å². The van der Waals surface area contributed by atoms with Crippen molar-refractivity contribution in [2.75, 3.05) is 0 Å². The van der Waals surface area contributed by atoms with Crippen molar-refractivity contribution in [2.45, 2.75) is 23.8 Å². The smallest absolute Gasteiger partial charge is 0.252 e. The molecule has 13 heavy (non-hydrogen) atoms. The van der Waals surface area contributed by atoms with Gasteiger partial charge in [-0.2, -0.15) is 13.9 Å². The molecule has 0 fully saturated rings. The molecule has 2 nitrogen and oxygen atoms in total. The summed E-state index contributed by atoms with van der Waals surface area (Å²) < 4.78 is 48.2. The van der Waals surface area contributed by atoms with Crippen molar-refractivity contribution in [2.24, 2.45) is 0 Å². The quantitative estimate of drug-likeness (QED) is 0.564. The standard InChI is InChI=1S/C6H5F4N2S/c7-4(8)3-12-5(1-2-11-12)13-6(9)10/h1,4,6H,3H2. The summed E-state index contributed by atoms with van der Waals surface area (Å²) in [6, 6.07) is 1.15. The summed E-state index contributed by atoms with van der Waals surface area (Å²) >= 11 is 0.176. The number of hydrogen-bond donors (Lipinski definition) is 0. The highest BCUT2D eigenvalue weighted by atomic mass is 32.2. The van der Waals surface area contributed by atoms with Crippen LogP contribution in [0.25, 0.3) is 0 Å². The molecule has 73 valence electrons. The molecule has 0 bridgehead atoms. The predicted molar refractivity (Wildman–Crippen MR) is 38.9 cm³/mol. The van der Waals surface area contributed by atoms with Crippen LogP contribution in [0.4, 0.5) is 17.6 Å². The minimum atomic E-state index is -2.64. The summed E-state index contributed by atoms with van der Waals surface area (Å²) in [5.74, 6) is -2.64. The number of hydrogen-bond acceptors (Lipinski definition) is 2. The molecular weight excluding hydrogens is 208 g/mol. The molecule has 0 aliphatic rings. The normalized spacial score (nSPS) is 11.5. The molecule has 1 aromatic heterocycles. The lowest BCUT2D eigenvalue weighted by Gasteiger charge is -2.04. The van der Waals surface area contributed by atoms with E-state index in [1.807, 2.05) is 0 Å². The number of aromatic nitrogens is 2. The van der Waals surface area contributed by atoms with Crippen molar-refractivity contribution in [3.05, 3.63) is 12.3 Å². The fourth-order valence-corrected chi connectivity index (χ4v) is 1.27. The highest BCUT2D eigenvalue weighted by molar-refractivity contribution is 7.99. The van der Waals surface area contributed by atoms with Crippen LogP contribution in [0.5, 0.6) is 0 Å². The molecule has 0 atom stereocenters. The maximum absolute atomic E-state index is 11.8. The second-order valence-corrected chi connectivity index (χ2v) is 3.07. The summed E-state index contributed by atoms with van der Waals surface area (Å²) in [4.78, 5) is 0. The monoisotopic (exact) mass is 213 g/mol. The van der Waals surface area contributed by atoms with Gasteiger partial charge >= 0.3 is 0 Å². The zero-order chi connectivity index (χ0) is 9.84. The molecular formula is C6H5F4N2S. The minimum Gasteiger partial charge on any atom is -0.252 e. The van der Waals surface area contributed by atoms with E-state index in [1.165, 1.54) is 0 Å². The van der Waals surface area contributed by atoms with E-state index in [-0.39, 0.29) is 16.8 Å². The second-order valence-electron chi connectivity index (χ2n) is 2.06. The van der Waals surface area contributed by atoms with E-state index in [0.29, 0.717) is 0 Å². The molecule has 1 heterocycles. The van der Waals surface area contributed by atoms with Crippen LogP contribution in [-0.4, -0.2) is 22.0 Å². The predicted octanol–water partition coefficient (Wildman–Crippen LogP) is 2.26. The highest BCUT2D eigenvalue weighted by Crippen LogP contribution is 2.24. The van der Waals surface area contributed by atoms with Gasteiger partial charge in [0, 0.05) is 0 Å². The largest absolute Gasteiger partial charge is 0.290 e. The van der Waals surface area contributed by atoms with E-state index in [2.05, 4.69) is 11.3 Å². The Bertz CT molecular complexity index is 238. The minimum absolute atomic E-state index is 0.00435. The Morgan fingerprint density at radius 2 is 2.15 bits per heavy atom. The van der Waals surface area contributed by atoms with E-state index in [4.69, 9.17) is 0 Å². The zero-order valence-corrected chi connectivity index (χ0v) is 7.07. The zero-order valence-electron chi connectivity index (χ0n) is 6.25. The molecule has 0 N–H and O–H groups in total. The number of alkyl halides is 4. The Labute approximate surface area is 75.9 Å². The third-order valence-corrected chi connectivity index (χ3v) is 1.89. The van der Waals surface area contributed by atoms with E-state index >= 15 is 0 Å². The Hall–Kier alpha value is -0.720. The number of nitrogens with zero attached hydrogens (tertiary/aromatic N) is 2. The molecule has 0 unspecified atom stereocenters. The summed E-state index contributed by atoms with van der Waals surface area (Å²) in [6.45, 7) is -0.682. The van der Waals surface area contributed by atoms with Gasteiger partial charge in [0.1, 0.15) is 17.8 Å². The molecule has 0 spiro atoms. The van der Waals surface area contributed by atoms with Gasteiger partial charge in [0.25, 0.3) is 12.2 Å². The fraction of sp³-hybridized carbons (Fsp3) is 0.500. The van der Waals surface area contributed by atoms with Crippen molar-refractivity contribution in [1.29, 1.82) is 0 Å². The van der Waals surface area contributed by atoms with Crippen LogP contribution < -0.4 is 0 Å². The molecule has 7 heteroatoms. The van der Waals surface area contributed by atoms with Gasteiger partial charge in [0.05, 0.1) is 0 Å². The van der Waals surface area contributed by atoms with Crippen molar-refractivity contribution in [1.82, 2.24) is 9.78 Å². The van der Waals surface area contributed by atoms with Crippen LogP contribution >= 0.6 is 11.8 Å². The molecule has 1 radical (unpaired) electrons. The Balaban J connectivity index is 2.65. The SMILES string of the molecule is FC(F)Cn1n[c]cc1SC(F)F. The average molecular weight is 213 g/mol. The molecule has 0 aromatic carbocycles. The Morgan fingerprint density at radius 1 is 1.46 bits per heavy atom. The van der Waals surface area contributed by atoms with Gasteiger partial charge in [-0.25, -0.2) is 8.78 Å². The van der Waals surface area contributed by atoms with Crippen molar-refractivity contribution in [3.63, 3.8) is 0 Å². The fourth-order valence-electron chi connectivity index (χ4n) is 0.725. The van der Waals surface area contributed by atoms with Crippen LogP contribution in [0.1, 0.15) is 0 Å².